The standard InChI is InChI=1S/C18H29BrSi/c1-2-3-7-14-20(18-8-5-4-6-9-18)15-11-17(10-13-19)12-16-20/h4-6,8-9,17H,2-3,7,10-16H2,1H3/t17-,20-. The predicted molar refractivity (Wildman–Crippen MR) is 96.9 cm³/mol. The molecule has 1 heterocycles. The van der Waals surface area contributed by atoms with Gasteiger partial charge in [0.25, 0.3) is 0 Å². The number of rotatable bonds is 7. The third-order valence-electron chi connectivity index (χ3n) is 5.22. The van der Waals surface area contributed by atoms with E-state index in [-0.39, 0.29) is 0 Å². The van der Waals surface area contributed by atoms with Gasteiger partial charge in [0.05, 0.1) is 8.07 Å². The zero-order valence-electron chi connectivity index (χ0n) is 12.9. The van der Waals surface area contributed by atoms with Gasteiger partial charge in [-0.2, -0.15) is 0 Å². The monoisotopic (exact) mass is 352 g/mol. The minimum Gasteiger partial charge on any atom is -0.0928 e. The molecule has 1 aliphatic rings. The van der Waals surface area contributed by atoms with Gasteiger partial charge in [0.1, 0.15) is 0 Å². The minimum atomic E-state index is -1.18. The highest BCUT2D eigenvalue weighted by Crippen LogP contribution is 2.37. The van der Waals surface area contributed by atoms with E-state index in [9.17, 15) is 0 Å². The highest BCUT2D eigenvalue weighted by Gasteiger charge is 2.37. The second kappa shape index (κ2) is 8.38. The van der Waals surface area contributed by atoms with Gasteiger partial charge in [-0.25, -0.2) is 0 Å². The number of hydrogen-bond donors (Lipinski definition) is 0. The van der Waals surface area contributed by atoms with Crippen molar-refractivity contribution in [2.75, 3.05) is 5.33 Å². The molecule has 0 saturated carbocycles. The summed E-state index contributed by atoms with van der Waals surface area (Å²) in [5.74, 6) is 0.991. The predicted octanol–water partition coefficient (Wildman–Crippen LogP) is 5.73. The molecule has 1 aromatic carbocycles. The average Bonchev–Trinajstić information content (AvgIpc) is 2.51. The Morgan fingerprint density at radius 1 is 1.10 bits per heavy atom. The van der Waals surface area contributed by atoms with Crippen LogP contribution < -0.4 is 5.19 Å². The van der Waals surface area contributed by atoms with E-state index in [2.05, 4.69) is 53.2 Å². The Balaban J connectivity index is 2.06. The van der Waals surface area contributed by atoms with E-state index < -0.39 is 8.07 Å². The van der Waals surface area contributed by atoms with Gasteiger partial charge in [-0.05, 0) is 12.3 Å². The van der Waals surface area contributed by atoms with Crippen LogP contribution in [0.4, 0.5) is 0 Å². The molecule has 1 saturated heterocycles. The molecule has 0 amide bonds. The number of hydrogen-bond acceptors (Lipinski definition) is 0. The summed E-state index contributed by atoms with van der Waals surface area (Å²) >= 11 is 3.62. The summed E-state index contributed by atoms with van der Waals surface area (Å²) in [7, 11) is -1.18. The van der Waals surface area contributed by atoms with Crippen molar-refractivity contribution in [3.8, 4) is 0 Å². The lowest BCUT2D eigenvalue weighted by atomic mass is 10.0. The highest BCUT2D eigenvalue weighted by atomic mass is 79.9. The fourth-order valence-corrected chi connectivity index (χ4v) is 9.87. The van der Waals surface area contributed by atoms with Crippen LogP contribution in [-0.2, 0) is 0 Å². The summed E-state index contributed by atoms with van der Waals surface area (Å²) in [5, 5.41) is 2.93. The molecular weight excluding hydrogens is 324 g/mol. The molecular formula is C18H29BrSi. The summed E-state index contributed by atoms with van der Waals surface area (Å²) in [6, 6.07) is 16.2. The Morgan fingerprint density at radius 2 is 1.80 bits per heavy atom. The fourth-order valence-electron chi connectivity index (χ4n) is 3.86. The van der Waals surface area contributed by atoms with Crippen LogP contribution in [0.2, 0.25) is 18.1 Å². The number of unbranched alkanes of at least 4 members (excludes halogenated alkanes) is 2. The SMILES string of the molecule is CCCCC[Si@]1(c2ccccc2)CC[C@H](CCBr)CC1. The maximum Gasteiger partial charge on any atom is 0.0867 e. The summed E-state index contributed by atoms with van der Waals surface area (Å²) in [6.45, 7) is 2.32. The normalized spacial score (nSPS) is 26.6. The molecule has 0 bridgehead atoms. The molecule has 0 aromatic heterocycles. The van der Waals surface area contributed by atoms with Crippen molar-refractivity contribution in [3.63, 3.8) is 0 Å². The first-order valence-corrected chi connectivity index (χ1v) is 12.2. The van der Waals surface area contributed by atoms with E-state index in [0.29, 0.717) is 0 Å². The fraction of sp³-hybridized carbons (Fsp3) is 0.667. The third kappa shape index (κ3) is 4.21. The van der Waals surface area contributed by atoms with E-state index in [1.807, 2.05) is 0 Å². The van der Waals surface area contributed by atoms with Crippen LogP contribution in [0, 0.1) is 5.92 Å². The Labute approximate surface area is 134 Å². The average molecular weight is 353 g/mol. The van der Waals surface area contributed by atoms with Crippen LogP contribution >= 0.6 is 15.9 Å². The Hall–Kier alpha value is -0.0831. The smallest absolute Gasteiger partial charge is 0.0867 e. The van der Waals surface area contributed by atoms with Crippen molar-refractivity contribution in [1.82, 2.24) is 0 Å². The van der Waals surface area contributed by atoms with Gasteiger partial charge >= 0.3 is 0 Å². The molecule has 0 unspecified atom stereocenters. The molecule has 1 aliphatic heterocycles. The summed E-state index contributed by atoms with van der Waals surface area (Å²) in [4.78, 5) is 0. The first kappa shape index (κ1) is 16.3. The molecule has 112 valence electrons. The largest absolute Gasteiger partial charge is 0.0928 e. The Morgan fingerprint density at radius 3 is 2.40 bits per heavy atom. The molecule has 0 atom stereocenters. The molecule has 20 heavy (non-hydrogen) atoms. The van der Waals surface area contributed by atoms with Gasteiger partial charge in [0.15, 0.2) is 0 Å². The van der Waals surface area contributed by atoms with Gasteiger partial charge < -0.3 is 0 Å². The van der Waals surface area contributed by atoms with Crippen LogP contribution in [0.15, 0.2) is 30.3 Å². The van der Waals surface area contributed by atoms with Gasteiger partial charge in [0, 0.05) is 5.33 Å². The van der Waals surface area contributed by atoms with Crippen molar-refractivity contribution in [2.24, 2.45) is 5.92 Å². The molecule has 0 radical (unpaired) electrons. The second-order valence-electron chi connectivity index (χ2n) is 6.52. The van der Waals surface area contributed by atoms with Crippen molar-refractivity contribution in [1.29, 1.82) is 0 Å². The van der Waals surface area contributed by atoms with Crippen LogP contribution in [0.3, 0.4) is 0 Å². The first-order chi connectivity index (χ1) is 9.80. The summed E-state index contributed by atoms with van der Waals surface area (Å²) in [6.07, 6.45) is 8.59. The van der Waals surface area contributed by atoms with Crippen molar-refractivity contribution in [2.45, 2.75) is 63.6 Å². The molecule has 0 aliphatic carbocycles. The van der Waals surface area contributed by atoms with E-state index in [1.54, 1.807) is 17.3 Å². The maximum atomic E-state index is 3.62. The lowest BCUT2D eigenvalue weighted by molar-refractivity contribution is 0.457. The van der Waals surface area contributed by atoms with E-state index >= 15 is 0 Å². The van der Waals surface area contributed by atoms with Crippen molar-refractivity contribution in [3.05, 3.63) is 30.3 Å². The van der Waals surface area contributed by atoms with E-state index in [4.69, 9.17) is 0 Å². The Bertz CT molecular complexity index is 368. The van der Waals surface area contributed by atoms with E-state index in [0.717, 1.165) is 5.92 Å². The summed E-state index contributed by atoms with van der Waals surface area (Å²) in [5.41, 5.74) is 0. The zero-order valence-corrected chi connectivity index (χ0v) is 15.5. The van der Waals surface area contributed by atoms with Gasteiger partial charge in [-0.15, -0.1) is 0 Å². The lowest BCUT2D eigenvalue weighted by Gasteiger charge is -2.39. The van der Waals surface area contributed by atoms with Gasteiger partial charge in [-0.1, -0.05) is 109 Å². The molecule has 0 N–H and O–H groups in total. The molecule has 2 heteroatoms. The Kier molecular flexibility index (Phi) is 6.83. The van der Waals surface area contributed by atoms with Crippen LogP contribution in [0.25, 0.3) is 0 Å². The first-order valence-electron chi connectivity index (χ1n) is 8.42. The minimum absolute atomic E-state index is 0.991. The quantitative estimate of drug-likeness (QED) is 0.334. The molecule has 1 fully saturated rings. The van der Waals surface area contributed by atoms with Gasteiger partial charge in [0.2, 0.25) is 0 Å². The lowest BCUT2D eigenvalue weighted by Crippen LogP contribution is -2.50. The maximum absolute atomic E-state index is 3.62. The molecule has 2 rings (SSSR count). The molecule has 0 nitrogen and oxygen atoms in total. The summed E-state index contributed by atoms with van der Waals surface area (Å²) < 4.78 is 0. The second-order valence-corrected chi connectivity index (χ2v) is 12.0. The van der Waals surface area contributed by atoms with Crippen molar-refractivity contribution < 1.29 is 0 Å². The number of alkyl halides is 1. The van der Waals surface area contributed by atoms with Crippen LogP contribution in [-0.4, -0.2) is 13.4 Å². The number of benzene rings is 1. The van der Waals surface area contributed by atoms with Crippen molar-refractivity contribution >= 4 is 29.2 Å². The molecule has 1 aromatic rings. The van der Waals surface area contributed by atoms with E-state index in [1.165, 1.54) is 49.9 Å². The third-order valence-corrected chi connectivity index (χ3v) is 11.0. The highest BCUT2D eigenvalue weighted by molar-refractivity contribution is 9.09. The van der Waals surface area contributed by atoms with Crippen LogP contribution in [0.1, 0.15) is 45.4 Å². The molecule has 0 spiro atoms. The van der Waals surface area contributed by atoms with Gasteiger partial charge in [-0.3, -0.25) is 0 Å². The van der Waals surface area contributed by atoms with Crippen LogP contribution in [0.5, 0.6) is 0 Å². The number of halogens is 1. The zero-order chi connectivity index (χ0) is 14.3. The topological polar surface area (TPSA) is 0 Å².